The van der Waals surface area contributed by atoms with E-state index >= 15 is 0 Å². The zero-order chi connectivity index (χ0) is 27.6. The highest BCUT2D eigenvalue weighted by Gasteiger charge is 2.37. The minimum Gasteiger partial charge on any atom is -0.497 e. The standard InChI is InChI=1S/C32H27N3O4S/c1-37-25-13-11-22(12-14-25)27-19-26(24-10-9-21-6-4-5-7-23(21)18-24)34-35(27)31-30(40-32(36)33-31)17-20-8-15-28(38-2)29(16-20)39-3/h4-18,27H,19H2,1-3H3/b30-17-/t27-/m1/s1. The zero-order valence-electron chi connectivity index (χ0n) is 22.3. The fourth-order valence-electron chi connectivity index (χ4n) is 4.99. The van der Waals surface area contributed by atoms with Crippen molar-refractivity contribution in [3.8, 4) is 17.2 Å². The number of ether oxygens (including phenoxy) is 3. The number of hydrazone groups is 1. The Kier molecular flexibility index (Phi) is 7.00. The number of methoxy groups -OCH3 is 3. The van der Waals surface area contributed by atoms with Gasteiger partial charge in [-0.2, -0.15) is 10.1 Å². The number of nitrogens with zero attached hydrogens (tertiary/aromatic N) is 3. The third kappa shape index (κ3) is 4.94. The van der Waals surface area contributed by atoms with Gasteiger partial charge in [0.15, 0.2) is 17.3 Å². The van der Waals surface area contributed by atoms with Crippen LogP contribution in [0.15, 0.2) is 99.9 Å². The van der Waals surface area contributed by atoms with Gasteiger partial charge >= 0.3 is 5.24 Å². The second-order valence-electron chi connectivity index (χ2n) is 9.37. The quantitative estimate of drug-likeness (QED) is 0.251. The first-order valence-corrected chi connectivity index (χ1v) is 13.6. The van der Waals surface area contributed by atoms with Gasteiger partial charge in [-0.1, -0.05) is 54.6 Å². The zero-order valence-corrected chi connectivity index (χ0v) is 23.1. The summed E-state index contributed by atoms with van der Waals surface area (Å²) in [5, 5.41) is 9.01. The van der Waals surface area contributed by atoms with Gasteiger partial charge in [0.25, 0.3) is 0 Å². The maximum atomic E-state index is 12.7. The summed E-state index contributed by atoms with van der Waals surface area (Å²) in [6.45, 7) is 0. The van der Waals surface area contributed by atoms with Crippen LogP contribution in [0, 0.1) is 0 Å². The van der Waals surface area contributed by atoms with E-state index in [1.807, 2.05) is 65.7 Å². The molecule has 2 aliphatic heterocycles. The van der Waals surface area contributed by atoms with Gasteiger partial charge in [0.05, 0.1) is 38.0 Å². The van der Waals surface area contributed by atoms with E-state index in [9.17, 15) is 4.79 Å². The summed E-state index contributed by atoms with van der Waals surface area (Å²) >= 11 is 1.10. The van der Waals surface area contributed by atoms with Crippen LogP contribution in [0.4, 0.5) is 4.79 Å². The van der Waals surface area contributed by atoms with E-state index in [1.54, 1.807) is 21.3 Å². The summed E-state index contributed by atoms with van der Waals surface area (Å²) in [5.41, 5.74) is 3.89. The van der Waals surface area contributed by atoms with Crippen LogP contribution in [-0.2, 0) is 0 Å². The second-order valence-corrected chi connectivity index (χ2v) is 10.4. The van der Waals surface area contributed by atoms with E-state index in [1.165, 1.54) is 5.39 Å². The molecule has 4 aromatic carbocycles. The Morgan fingerprint density at radius 3 is 2.38 bits per heavy atom. The summed E-state index contributed by atoms with van der Waals surface area (Å²) < 4.78 is 16.2. The Labute approximate surface area is 236 Å². The predicted molar refractivity (Wildman–Crippen MR) is 161 cm³/mol. The smallest absolute Gasteiger partial charge is 0.311 e. The molecule has 8 heteroatoms. The molecule has 200 valence electrons. The molecule has 0 saturated carbocycles. The van der Waals surface area contributed by atoms with Crippen molar-refractivity contribution < 1.29 is 19.0 Å². The third-order valence-corrected chi connectivity index (χ3v) is 7.82. The van der Waals surface area contributed by atoms with Gasteiger partial charge in [-0.25, -0.2) is 5.01 Å². The molecule has 0 aromatic heterocycles. The monoisotopic (exact) mass is 549 g/mol. The van der Waals surface area contributed by atoms with Gasteiger partial charge in [0.1, 0.15) is 5.75 Å². The molecule has 0 bridgehead atoms. The Morgan fingerprint density at radius 1 is 0.850 bits per heavy atom. The summed E-state index contributed by atoms with van der Waals surface area (Å²) in [6, 6.07) is 28.1. The summed E-state index contributed by atoms with van der Waals surface area (Å²) in [6.07, 6.45) is 2.59. The van der Waals surface area contributed by atoms with Crippen LogP contribution in [-0.4, -0.2) is 43.1 Å². The van der Waals surface area contributed by atoms with E-state index in [-0.39, 0.29) is 11.3 Å². The van der Waals surface area contributed by atoms with Crippen LogP contribution >= 0.6 is 11.8 Å². The van der Waals surface area contributed by atoms with Crippen molar-refractivity contribution in [3.05, 3.63) is 107 Å². The minimum atomic E-state index is -0.274. The lowest BCUT2D eigenvalue weighted by Crippen LogP contribution is -2.26. The largest absolute Gasteiger partial charge is 0.497 e. The first-order chi connectivity index (χ1) is 19.6. The van der Waals surface area contributed by atoms with Crippen LogP contribution in [0.2, 0.25) is 0 Å². The van der Waals surface area contributed by atoms with Crippen molar-refractivity contribution in [2.24, 2.45) is 10.1 Å². The number of benzene rings is 4. The van der Waals surface area contributed by atoms with E-state index < -0.39 is 0 Å². The fraction of sp³-hybridized carbons (Fsp3) is 0.156. The predicted octanol–water partition coefficient (Wildman–Crippen LogP) is 7.32. The Morgan fingerprint density at radius 2 is 1.62 bits per heavy atom. The van der Waals surface area contributed by atoms with Crippen molar-refractivity contribution in [2.45, 2.75) is 12.5 Å². The van der Waals surface area contributed by atoms with Crippen molar-refractivity contribution in [2.75, 3.05) is 21.3 Å². The normalized spacial score (nSPS) is 17.8. The molecule has 40 heavy (non-hydrogen) atoms. The molecule has 0 N–H and O–H groups in total. The lowest BCUT2D eigenvalue weighted by atomic mass is 9.97. The number of carbonyl (C=O) groups is 1. The number of hydrogen-bond donors (Lipinski definition) is 0. The number of hydrogen-bond acceptors (Lipinski definition) is 7. The van der Waals surface area contributed by atoms with Gasteiger partial charge in [-0.3, -0.25) is 4.79 Å². The van der Waals surface area contributed by atoms with Gasteiger partial charge in [-0.05, 0) is 75.6 Å². The van der Waals surface area contributed by atoms with Crippen molar-refractivity contribution in [3.63, 3.8) is 0 Å². The molecule has 0 saturated heterocycles. The van der Waals surface area contributed by atoms with Gasteiger partial charge in [0.2, 0.25) is 0 Å². The average molecular weight is 550 g/mol. The third-order valence-electron chi connectivity index (χ3n) is 7.03. The van der Waals surface area contributed by atoms with Gasteiger partial charge < -0.3 is 14.2 Å². The highest BCUT2D eigenvalue weighted by molar-refractivity contribution is 8.18. The fourth-order valence-corrected chi connectivity index (χ4v) is 5.74. The van der Waals surface area contributed by atoms with Gasteiger partial charge in [-0.15, -0.1) is 0 Å². The molecular weight excluding hydrogens is 522 g/mol. The number of fused-ring (bicyclic) bond motifs is 1. The SMILES string of the molecule is COc1ccc([C@H]2CC(c3ccc4ccccc4c3)=NN2C2=NC(=O)S/C2=C\c2ccc(OC)c(OC)c2)cc1. The van der Waals surface area contributed by atoms with E-state index in [0.29, 0.717) is 23.8 Å². The van der Waals surface area contributed by atoms with Crippen molar-refractivity contribution >= 4 is 45.4 Å². The molecule has 0 spiro atoms. The lowest BCUT2D eigenvalue weighted by molar-refractivity contribution is 0.267. The molecule has 0 aliphatic carbocycles. The number of thioether (sulfide) groups is 1. The van der Waals surface area contributed by atoms with Crippen LogP contribution in [0.5, 0.6) is 17.2 Å². The molecule has 6 rings (SSSR count). The Balaban J connectivity index is 1.42. The second kappa shape index (κ2) is 10.9. The average Bonchev–Trinajstić information content (AvgIpc) is 3.60. The molecule has 1 atom stereocenters. The molecule has 2 aliphatic rings. The number of carbonyl (C=O) groups excluding carboxylic acids is 1. The molecule has 0 radical (unpaired) electrons. The summed E-state index contributed by atoms with van der Waals surface area (Å²) in [5.74, 6) is 2.55. The molecule has 2 heterocycles. The maximum absolute atomic E-state index is 12.7. The summed E-state index contributed by atoms with van der Waals surface area (Å²) in [7, 11) is 4.85. The van der Waals surface area contributed by atoms with Crippen LogP contribution in [0.3, 0.4) is 0 Å². The minimum absolute atomic E-state index is 0.147. The van der Waals surface area contributed by atoms with Crippen LogP contribution < -0.4 is 14.2 Å². The van der Waals surface area contributed by atoms with Crippen LogP contribution in [0.25, 0.3) is 16.8 Å². The van der Waals surface area contributed by atoms with Crippen LogP contribution in [0.1, 0.15) is 29.2 Å². The highest BCUT2D eigenvalue weighted by atomic mass is 32.2. The maximum Gasteiger partial charge on any atom is 0.311 e. The molecule has 4 aromatic rings. The number of amides is 1. The number of amidine groups is 1. The van der Waals surface area contributed by atoms with E-state index in [2.05, 4.69) is 35.3 Å². The van der Waals surface area contributed by atoms with Crippen molar-refractivity contribution in [1.29, 1.82) is 0 Å². The van der Waals surface area contributed by atoms with E-state index in [4.69, 9.17) is 19.3 Å². The Bertz CT molecular complexity index is 1690. The molecule has 0 fully saturated rings. The molecule has 7 nitrogen and oxygen atoms in total. The molecule has 0 unspecified atom stereocenters. The first-order valence-electron chi connectivity index (χ1n) is 12.8. The Hall–Kier alpha value is -4.56. The summed E-state index contributed by atoms with van der Waals surface area (Å²) in [4.78, 5) is 17.8. The lowest BCUT2D eigenvalue weighted by Gasteiger charge is -2.24. The first kappa shape index (κ1) is 25.7. The number of aliphatic imine (C=N–C) groups is 1. The highest BCUT2D eigenvalue weighted by Crippen LogP contribution is 2.40. The molecular formula is C32H27N3O4S. The topological polar surface area (TPSA) is 72.7 Å². The van der Waals surface area contributed by atoms with Crippen molar-refractivity contribution in [1.82, 2.24) is 5.01 Å². The number of rotatable bonds is 6. The van der Waals surface area contributed by atoms with Gasteiger partial charge in [0, 0.05) is 6.42 Å². The molecule has 1 amide bonds. The van der Waals surface area contributed by atoms with E-state index in [0.717, 1.165) is 50.2 Å².